The molecule has 0 amide bonds. The van der Waals surface area contributed by atoms with Crippen LogP contribution >= 0.6 is 0 Å². The largest absolute Gasteiger partial charge is 0.317 e. The Balaban J connectivity index is -0.000000242. The molecule has 1 aromatic rings. The molecule has 0 aromatic carbocycles. The SMILES string of the molecule is C.C.CCC(C)C.CNC1CCCC1.Cc1ccnc(C)c1. The molecule has 0 bridgehead atoms. The van der Waals surface area contributed by atoms with Crippen LogP contribution in [0.2, 0.25) is 0 Å². The molecule has 2 nitrogen and oxygen atoms in total. The second-order valence-corrected chi connectivity index (χ2v) is 6.05. The van der Waals surface area contributed by atoms with E-state index in [9.17, 15) is 0 Å². The third kappa shape index (κ3) is 15.5. The van der Waals surface area contributed by atoms with Gasteiger partial charge in [0, 0.05) is 17.9 Å². The molecule has 0 spiro atoms. The highest BCUT2D eigenvalue weighted by molar-refractivity contribution is 5.12. The Labute approximate surface area is 141 Å². The van der Waals surface area contributed by atoms with Crippen LogP contribution in [0.15, 0.2) is 18.3 Å². The maximum Gasteiger partial charge on any atom is 0.0375 e. The zero-order chi connectivity index (χ0) is 15.4. The van der Waals surface area contributed by atoms with Crippen molar-refractivity contribution in [3.05, 3.63) is 29.6 Å². The third-order valence-corrected chi connectivity index (χ3v) is 3.63. The van der Waals surface area contributed by atoms with Crippen molar-refractivity contribution in [1.29, 1.82) is 0 Å². The van der Waals surface area contributed by atoms with Crippen LogP contribution in [0.25, 0.3) is 0 Å². The van der Waals surface area contributed by atoms with Crippen LogP contribution in [-0.2, 0) is 0 Å². The lowest BCUT2D eigenvalue weighted by molar-refractivity contribution is 0.582. The molecule has 132 valence electrons. The summed E-state index contributed by atoms with van der Waals surface area (Å²) in [6, 6.07) is 4.90. The molecule has 2 heteroatoms. The van der Waals surface area contributed by atoms with E-state index in [-0.39, 0.29) is 14.9 Å². The summed E-state index contributed by atoms with van der Waals surface area (Å²) in [5.74, 6) is 0.884. The minimum Gasteiger partial charge on any atom is -0.317 e. The van der Waals surface area contributed by atoms with Crippen LogP contribution in [0.4, 0.5) is 0 Å². The fourth-order valence-corrected chi connectivity index (χ4v) is 1.90. The molecule has 2 rings (SSSR count). The lowest BCUT2D eigenvalue weighted by Gasteiger charge is -2.03. The minimum absolute atomic E-state index is 0. The first-order valence-electron chi connectivity index (χ1n) is 8.06. The first-order valence-corrected chi connectivity index (χ1v) is 8.06. The zero-order valence-electron chi connectivity index (χ0n) is 14.4. The molecule has 0 saturated heterocycles. The number of hydrogen-bond donors (Lipinski definition) is 1. The molecule has 1 N–H and O–H groups in total. The van der Waals surface area contributed by atoms with E-state index >= 15 is 0 Å². The smallest absolute Gasteiger partial charge is 0.0375 e. The lowest BCUT2D eigenvalue weighted by Crippen LogP contribution is -2.20. The maximum absolute atomic E-state index is 4.04. The van der Waals surface area contributed by atoms with Crippen molar-refractivity contribution in [3.8, 4) is 0 Å². The summed E-state index contributed by atoms with van der Waals surface area (Å²) in [6.45, 7) is 10.7. The van der Waals surface area contributed by atoms with E-state index in [1.54, 1.807) is 0 Å². The summed E-state index contributed by atoms with van der Waals surface area (Å²) >= 11 is 0. The topological polar surface area (TPSA) is 24.9 Å². The van der Waals surface area contributed by atoms with E-state index in [4.69, 9.17) is 0 Å². The summed E-state index contributed by atoms with van der Waals surface area (Å²) in [5, 5.41) is 3.26. The summed E-state index contributed by atoms with van der Waals surface area (Å²) in [6.07, 6.45) is 8.80. The molecule has 0 aliphatic heterocycles. The highest BCUT2D eigenvalue weighted by Crippen LogP contribution is 2.16. The van der Waals surface area contributed by atoms with Gasteiger partial charge in [0.25, 0.3) is 0 Å². The van der Waals surface area contributed by atoms with Gasteiger partial charge in [-0.15, -0.1) is 0 Å². The van der Waals surface area contributed by atoms with Gasteiger partial charge in [0.05, 0.1) is 0 Å². The molecule has 22 heavy (non-hydrogen) atoms. The van der Waals surface area contributed by atoms with E-state index < -0.39 is 0 Å². The molecular weight excluding hydrogens is 268 g/mol. The first kappa shape index (κ1) is 26.0. The minimum atomic E-state index is 0. The summed E-state index contributed by atoms with van der Waals surface area (Å²) in [7, 11) is 2.05. The lowest BCUT2D eigenvalue weighted by atomic mass is 10.2. The Morgan fingerprint density at radius 3 is 1.91 bits per heavy atom. The third-order valence-electron chi connectivity index (χ3n) is 3.63. The predicted molar refractivity (Wildman–Crippen MR) is 104 cm³/mol. The number of nitrogens with one attached hydrogen (secondary N) is 1. The second-order valence-electron chi connectivity index (χ2n) is 6.05. The zero-order valence-corrected chi connectivity index (χ0v) is 14.4. The fourth-order valence-electron chi connectivity index (χ4n) is 1.90. The van der Waals surface area contributed by atoms with Crippen molar-refractivity contribution in [2.45, 2.75) is 87.6 Å². The van der Waals surface area contributed by atoms with Crippen molar-refractivity contribution < 1.29 is 0 Å². The Morgan fingerprint density at radius 2 is 1.68 bits per heavy atom. The van der Waals surface area contributed by atoms with E-state index in [2.05, 4.69) is 51.1 Å². The Hall–Kier alpha value is -0.890. The Kier molecular flexibility index (Phi) is 19.5. The van der Waals surface area contributed by atoms with Gasteiger partial charge in [-0.1, -0.05) is 54.9 Å². The number of nitrogens with zero attached hydrogens (tertiary/aromatic N) is 1. The van der Waals surface area contributed by atoms with Gasteiger partial charge in [-0.3, -0.25) is 4.98 Å². The van der Waals surface area contributed by atoms with Crippen LogP contribution in [0, 0.1) is 19.8 Å². The van der Waals surface area contributed by atoms with Crippen LogP contribution in [-0.4, -0.2) is 18.1 Å². The summed E-state index contributed by atoms with van der Waals surface area (Å²) < 4.78 is 0. The average molecular weight is 311 g/mol. The maximum atomic E-state index is 4.04. The molecule has 0 unspecified atom stereocenters. The normalized spacial score (nSPS) is 13.0. The highest BCUT2D eigenvalue weighted by atomic mass is 14.9. The van der Waals surface area contributed by atoms with Gasteiger partial charge in [-0.25, -0.2) is 0 Å². The molecular formula is C20H42N2. The standard InChI is InChI=1S/C7H9N.C6H13N.C5H12.2CH4/c1-6-3-4-8-7(2)5-6;1-7-6-4-2-3-5-6;1-4-5(2)3;;/h3-5H,1-2H3;6-7H,2-5H2,1H3;5H,4H2,1-3H3;2*1H4. The van der Waals surface area contributed by atoms with Crippen LogP contribution in [0.3, 0.4) is 0 Å². The monoisotopic (exact) mass is 310 g/mol. The van der Waals surface area contributed by atoms with Crippen molar-refractivity contribution in [2.24, 2.45) is 5.92 Å². The highest BCUT2D eigenvalue weighted by Gasteiger charge is 2.10. The van der Waals surface area contributed by atoms with Gasteiger partial charge < -0.3 is 5.32 Å². The molecule has 0 atom stereocenters. The molecule has 0 radical (unpaired) electrons. The molecule has 1 aromatic heterocycles. The van der Waals surface area contributed by atoms with Gasteiger partial charge in [0.1, 0.15) is 0 Å². The second kappa shape index (κ2) is 16.5. The molecule has 1 aliphatic carbocycles. The molecule has 1 fully saturated rings. The number of aryl methyl sites for hydroxylation is 2. The van der Waals surface area contributed by atoms with E-state index in [0.717, 1.165) is 17.7 Å². The summed E-state index contributed by atoms with van der Waals surface area (Å²) in [4.78, 5) is 4.04. The molecule has 1 aliphatic rings. The van der Waals surface area contributed by atoms with Crippen molar-refractivity contribution in [2.75, 3.05) is 7.05 Å². The van der Waals surface area contributed by atoms with Gasteiger partial charge in [-0.2, -0.15) is 0 Å². The Bertz CT molecular complexity index is 311. The van der Waals surface area contributed by atoms with Crippen LogP contribution in [0.1, 0.15) is 79.0 Å². The van der Waals surface area contributed by atoms with E-state index in [1.807, 2.05) is 19.2 Å². The van der Waals surface area contributed by atoms with Crippen LogP contribution in [0.5, 0.6) is 0 Å². The van der Waals surface area contributed by atoms with Gasteiger partial charge >= 0.3 is 0 Å². The van der Waals surface area contributed by atoms with Gasteiger partial charge in [-0.05, 0) is 57.4 Å². The average Bonchev–Trinajstić information content (AvgIpc) is 2.93. The van der Waals surface area contributed by atoms with E-state index in [1.165, 1.54) is 37.7 Å². The molecule has 1 saturated carbocycles. The van der Waals surface area contributed by atoms with Crippen molar-refractivity contribution in [3.63, 3.8) is 0 Å². The number of aromatic nitrogens is 1. The van der Waals surface area contributed by atoms with Crippen molar-refractivity contribution >= 4 is 0 Å². The summed E-state index contributed by atoms with van der Waals surface area (Å²) in [5.41, 5.74) is 2.36. The quantitative estimate of drug-likeness (QED) is 0.706. The predicted octanol–water partition coefficient (Wildman–Crippen LogP) is 6.17. The number of hydrogen-bond acceptors (Lipinski definition) is 2. The Morgan fingerprint density at radius 1 is 1.18 bits per heavy atom. The van der Waals surface area contributed by atoms with Gasteiger partial charge in [0.15, 0.2) is 0 Å². The number of pyridine rings is 1. The van der Waals surface area contributed by atoms with Crippen molar-refractivity contribution in [1.82, 2.24) is 10.3 Å². The number of rotatable bonds is 2. The van der Waals surface area contributed by atoms with E-state index in [0.29, 0.717) is 0 Å². The fraction of sp³-hybridized carbons (Fsp3) is 0.750. The van der Waals surface area contributed by atoms with Crippen LogP contribution < -0.4 is 5.32 Å². The molecule has 1 heterocycles. The van der Waals surface area contributed by atoms with Gasteiger partial charge in [0.2, 0.25) is 0 Å². The first-order chi connectivity index (χ1) is 9.49.